The highest BCUT2D eigenvalue weighted by molar-refractivity contribution is 9.11. The van der Waals surface area contributed by atoms with Crippen molar-refractivity contribution in [2.45, 2.75) is 26.2 Å². The number of hydrogen-bond donors (Lipinski definition) is 5. The van der Waals surface area contributed by atoms with Crippen molar-refractivity contribution in [2.24, 2.45) is 4.99 Å². The number of rotatable bonds is 12. The first-order valence-electron chi connectivity index (χ1n) is 15.1. The van der Waals surface area contributed by atoms with E-state index in [1.54, 1.807) is 31.2 Å². The molecule has 3 aromatic carbocycles. The quantitative estimate of drug-likeness (QED) is 0.0890. The number of ether oxygens (including phenoxy) is 1. The van der Waals surface area contributed by atoms with Gasteiger partial charge in [0.2, 0.25) is 30.1 Å². The van der Waals surface area contributed by atoms with Crippen LogP contribution in [0.15, 0.2) is 54.8 Å². The molecule has 0 spiro atoms. The van der Waals surface area contributed by atoms with Crippen LogP contribution in [0.25, 0.3) is 0 Å². The maximum atomic E-state index is 11.2. The molecule has 1 heterocycles. The SMILES string of the molecule is CCOC(=N)Cc1ccc(NS(C)(=O)=O)c(Cl)c1Br.CS(=O)(=O)Nc1ccc(CC#N)c(Br)c1Cl.CS(=O)(=O)Nc1ccc(CC2=NCCN2)c(Br)c1Cl. The van der Waals surface area contributed by atoms with Crippen molar-refractivity contribution in [1.82, 2.24) is 5.32 Å². The second-order valence-electron chi connectivity index (χ2n) is 11.1. The van der Waals surface area contributed by atoms with Gasteiger partial charge in [0, 0.05) is 32.8 Å². The Hall–Kier alpha value is -2.35. The van der Waals surface area contributed by atoms with Crippen LogP contribution >= 0.6 is 82.6 Å². The average molecular weight is 1060 g/mol. The van der Waals surface area contributed by atoms with E-state index in [0.717, 1.165) is 48.8 Å². The summed E-state index contributed by atoms with van der Waals surface area (Å²) in [5.41, 5.74) is 3.37. The van der Waals surface area contributed by atoms with E-state index in [9.17, 15) is 25.3 Å². The summed E-state index contributed by atoms with van der Waals surface area (Å²) < 4.78 is 80.7. The number of sulfonamides is 3. The average Bonchev–Trinajstić information content (AvgIpc) is 3.57. The van der Waals surface area contributed by atoms with Gasteiger partial charge in [-0.25, -0.2) is 25.3 Å². The van der Waals surface area contributed by atoms with Gasteiger partial charge in [-0.3, -0.25) is 24.6 Å². The van der Waals surface area contributed by atoms with Gasteiger partial charge in [0.25, 0.3) is 0 Å². The number of halogens is 6. The van der Waals surface area contributed by atoms with E-state index < -0.39 is 30.1 Å². The number of nitriles is 1. The highest BCUT2D eigenvalue weighted by Gasteiger charge is 2.16. The Kier molecular flexibility index (Phi) is 18.8. The summed E-state index contributed by atoms with van der Waals surface area (Å²) >= 11 is 28.1. The molecule has 296 valence electrons. The van der Waals surface area contributed by atoms with E-state index in [1.165, 1.54) is 6.07 Å². The molecule has 0 aliphatic carbocycles. The van der Waals surface area contributed by atoms with Gasteiger partial charge in [-0.2, -0.15) is 5.26 Å². The van der Waals surface area contributed by atoms with Crippen LogP contribution < -0.4 is 19.5 Å². The fourth-order valence-electron chi connectivity index (χ4n) is 4.24. The lowest BCUT2D eigenvalue weighted by molar-refractivity contribution is 0.317. The summed E-state index contributed by atoms with van der Waals surface area (Å²) in [5.74, 6) is 1.05. The van der Waals surface area contributed by atoms with Crippen molar-refractivity contribution in [2.75, 3.05) is 52.6 Å². The van der Waals surface area contributed by atoms with Crippen molar-refractivity contribution in [3.63, 3.8) is 0 Å². The predicted octanol–water partition coefficient (Wildman–Crippen LogP) is 7.59. The molecule has 0 saturated carbocycles. The molecule has 5 N–H and O–H groups in total. The predicted molar refractivity (Wildman–Crippen MR) is 229 cm³/mol. The standard InChI is InChI=1S/C11H13BrClN3O2S.C11H14BrClN2O3S.C9H8BrClN2O2S/c1-19(17,18)16-8-3-2-7(10(12)11(8)13)6-9-14-4-5-15-9;1-3-18-9(14)6-7-4-5-8(11(13)10(7)12)15-19(2,16)17;1-16(14,15)13-7-3-2-6(4-5-12)8(10)9(7)11/h2-3,16H,4-6H2,1H3,(H,14,15);4-5,14-15H,3,6H2,1-2H3;2-3,13H,4H2,1H3. The molecule has 0 bridgehead atoms. The van der Waals surface area contributed by atoms with E-state index in [0.29, 0.717) is 48.4 Å². The number of anilines is 3. The first-order valence-corrected chi connectivity index (χ1v) is 24.3. The Morgan fingerprint density at radius 3 is 1.59 bits per heavy atom. The second kappa shape index (κ2) is 21.3. The van der Waals surface area contributed by atoms with Crippen LogP contribution in [-0.2, 0) is 54.1 Å². The van der Waals surface area contributed by atoms with Gasteiger partial charge >= 0.3 is 0 Å². The molecule has 0 amide bonds. The van der Waals surface area contributed by atoms with Gasteiger partial charge in [-0.15, -0.1) is 0 Å². The molecule has 0 radical (unpaired) electrons. The van der Waals surface area contributed by atoms with Gasteiger partial charge in [-0.1, -0.05) is 53.0 Å². The van der Waals surface area contributed by atoms with Gasteiger partial charge in [0.15, 0.2) is 5.90 Å². The van der Waals surface area contributed by atoms with Crippen LogP contribution in [0.5, 0.6) is 0 Å². The zero-order valence-corrected chi connectivity index (χ0v) is 38.4. The minimum Gasteiger partial charge on any atom is -0.481 e. The minimum absolute atomic E-state index is 0.128. The van der Waals surface area contributed by atoms with Crippen LogP contribution in [0.1, 0.15) is 23.6 Å². The number of nitrogens with one attached hydrogen (secondary N) is 5. The molecule has 0 aromatic heterocycles. The molecule has 3 aromatic rings. The van der Waals surface area contributed by atoms with E-state index in [2.05, 4.69) is 72.3 Å². The summed E-state index contributed by atoms with van der Waals surface area (Å²) in [7, 11) is -10.1. The normalized spacial score (nSPS) is 12.4. The van der Waals surface area contributed by atoms with Crippen LogP contribution in [0.4, 0.5) is 17.1 Å². The van der Waals surface area contributed by atoms with E-state index in [-0.39, 0.29) is 34.5 Å². The summed E-state index contributed by atoms with van der Waals surface area (Å²) in [6.07, 6.45) is 4.31. The Bertz CT molecular complexity index is 2280. The Morgan fingerprint density at radius 1 is 0.796 bits per heavy atom. The molecule has 0 saturated heterocycles. The zero-order valence-electron chi connectivity index (χ0n) is 29.0. The molecule has 14 nitrogen and oxygen atoms in total. The maximum absolute atomic E-state index is 11.2. The van der Waals surface area contributed by atoms with Crippen LogP contribution in [0.3, 0.4) is 0 Å². The molecule has 0 unspecified atom stereocenters. The minimum atomic E-state index is -3.38. The summed E-state index contributed by atoms with van der Waals surface area (Å²) in [4.78, 5) is 4.31. The van der Waals surface area contributed by atoms with Crippen molar-refractivity contribution < 1.29 is 30.0 Å². The van der Waals surface area contributed by atoms with Crippen LogP contribution in [-0.4, -0.2) is 75.5 Å². The molecule has 54 heavy (non-hydrogen) atoms. The molecule has 0 fully saturated rings. The fraction of sp³-hybridized carbons (Fsp3) is 0.323. The van der Waals surface area contributed by atoms with Gasteiger partial charge in [0.1, 0.15) is 5.84 Å². The third-order valence-electron chi connectivity index (χ3n) is 6.41. The van der Waals surface area contributed by atoms with Gasteiger partial charge in [-0.05, 0) is 89.6 Å². The van der Waals surface area contributed by atoms with Crippen LogP contribution in [0, 0.1) is 16.7 Å². The van der Waals surface area contributed by atoms with Crippen molar-refractivity contribution >= 4 is 141 Å². The van der Waals surface area contributed by atoms with Crippen molar-refractivity contribution in [3.8, 4) is 6.07 Å². The Balaban J connectivity index is 0.000000281. The zero-order chi connectivity index (χ0) is 41.0. The molecular weight excluding hydrogens is 1020 g/mol. The molecule has 23 heteroatoms. The highest BCUT2D eigenvalue weighted by Crippen LogP contribution is 2.36. The molecule has 4 rings (SSSR count). The number of aliphatic imine (C=N–C) groups is 1. The van der Waals surface area contributed by atoms with Crippen LogP contribution in [0.2, 0.25) is 15.1 Å². The smallest absolute Gasteiger partial charge is 0.229 e. The van der Waals surface area contributed by atoms with E-state index in [4.69, 9.17) is 50.2 Å². The van der Waals surface area contributed by atoms with Gasteiger partial charge < -0.3 is 10.1 Å². The Labute approximate surface area is 355 Å². The lowest BCUT2D eigenvalue weighted by Crippen LogP contribution is -2.20. The summed E-state index contributed by atoms with van der Waals surface area (Å²) in [5, 5.41) is 20.2. The third-order valence-corrected chi connectivity index (χ3v) is 12.8. The Morgan fingerprint density at radius 2 is 1.20 bits per heavy atom. The highest BCUT2D eigenvalue weighted by atomic mass is 79.9. The van der Waals surface area contributed by atoms with Gasteiger partial charge in [0.05, 0.1) is 76.5 Å². The number of benzene rings is 3. The molecule has 0 atom stereocenters. The number of hydrogen-bond acceptors (Lipinski definition) is 11. The topological polar surface area (TPSA) is 220 Å². The van der Waals surface area contributed by atoms with E-state index >= 15 is 0 Å². The molecular formula is C31H35Br3Cl3N7O7S3. The van der Waals surface area contributed by atoms with Crippen molar-refractivity contribution in [1.29, 1.82) is 10.7 Å². The molecule has 1 aliphatic rings. The maximum Gasteiger partial charge on any atom is 0.229 e. The monoisotopic (exact) mass is 1050 g/mol. The van der Waals surface area contributed by atoms with Crippen molar-refractivity contribution in [3.05, 3.63) is 81.6 Å². The lowest BCUT2D eigenvalue weighted by atomic mass is 10.1. The third kappa shape index (κ3) is 16.4. The number of nitrogens with zero attached hydrogens (tertiary/aromatic N) is 2. The second-order valence-corrected chi connectivity index (χ2v) is 19.9. The molecule has 1 aliphatic heterocycles. The van der Waals surface area contributed by atoms with E-state index in [1.807, 2.05) is 12.1 Å². The summed E-state index contributed by atoms with van der Waals surface area (Å²) in [6.45, 7) is 3.87. The first kappa shape index (κ1) is 47.8. The largest absolute Gasteiger partial charge is 0.481 e. The lowest BCUT2D eigenvalue weighted by Gasteiger charge is -2.12. The summed E-state index contributed by atoms with van der Waals surface area (Å²) in [6, 6.07) is 11.9. The fourth-order valence-corrected chi connectivity index (χ4v) is 8.27. The first-order chi connectivity index (χ1) is 25.0. The number of amidine groups is 1.